The maximum atomic E-state index is 12.9. The Balaban J connectivity index is 1.18. The van der Waals surface area contributed by atoms with Crippen molar-refractivity contribution < 1.29 is 4.79 Å². The molecule has 172 valence electrons. The average Bonchev–Trinajstić information content (AvgIpc) is 3.07. The summed E-state index contributed by atoms with van der Waals surface area (Å²) in [7, 11) is 0. The lowest BCUT2D eigenvalue weighted by molar-refractivity contribution is -0.132. The fraction of sp³-hybridized carbons (Fsp3) is 0.731. The normalized spacial score (nSPS) is 23.9. The Kier molecular flexibility index (Phi) is 8.02. The number of carbonyl (C=O) groups excluding carboxylic acids is 1. The Morgan fingerprint density at radius 1 is 0.871 bits per heavy atom. The molecular weight excluding hydrogens is 384 g/mol. The molecule has 0 unspecified atom stereocenters. The van der Waals surface area contributed by atoms with Crippen molar-refractivity contribution in [1.29, 1.82) is 0 Å². The van der Waals surface area contributed by atoms with E-state index in [9.17, 15) is 4.79 Å². The summed E-state index contributed by atoms with van der Waals surface area (Å²) >= 11 is 0. The van der Waals surface area contributed by atoms with Crippen LogP contribution < -0.4 is 0 Å². The number of rotatable bonds is 5. The number of carbonyl (C=O) groups is 1. The average molecular weight is 427 g/mol. The van der Waals surface area contributed by atoms with Gasteiger partial charge in [0.25, 0.3) is 0 Å². The SMILES string of the molecule is CC(C)N1CCCN(C(=O)CN2CCC(N3CCC(c4ccccc4)CC3)CC2)CC1. The Bertz CT molecular complexity index is 678. The molecule has 5 nitrogen and oxygen atoms in total. The lowest BCUT2D eigenvalue weighted by Crippen LogP contribution is -2.50. The van der Waals surface area contributed by atoms with Gasteiger partial charge in [0.1, 0.15) is 0 Å². The third-order valence-corrected chi connectivity index (χ3v) is 7.85. The highest BCUT2D eigenvalue weighted by molar-refractivity contribution is 5.78. The zero-order valence-corrected chi connectivity index (χ0v) is 19.7. The minimum atomic E-state index is 0.340. The van der Waals surface area contributed by atoms with Crippen molar-refractivity contribution in [3.63, 3.8) is 0 Å². The number of nitrogens with zero attached hydrogens (tertiary/aromatic N) is 4. The van der Waals surface area contributed by atoms with E-state index in [-0.39, 0.29) is 0 Å². The fourth-order valence-corrected chi connectivity index (χ4v) is 5.76. The summed E-state index contributed by atoms with van der Waals surface area (Å²) in [5.74, 6) is 1.07. The Morgan fingerprint density at radius 2 is 1.58 bits per heavy atom. The zero-order valence-electron chi connectivity index (χ0n) is 19.7. The van der Waals surface area contributed by atoms with E-state index in [0.717, 1.165) is 51.6 Å². The maximum Gasteiger partial charge on any atom is 0.236 e. The Morgan fingerprint density at radius 3 is 2.26 bits per heavy atom. The van der Waals surface area contributed by atoms with Crippen LogP contribution >= 0.6 is 0 Å². The summed E-state index contributed by atoms with van der Waals surface area (Å²) in [6, 6.07) is 12.3. The predicted octanol–water partition coefficient (Wildman–Crippen LogP) is 3.27. The van der Waals surface area contributed by atoms with Crippen LogP contribution in [0.2, 0.25) is 0 Å². The first-order valence-corrected chi connectivity index (χ1v) is 12.6. The monoisotopic (exact) mass is 426 g/mol. The lowest BCUT2D eigenvalue weighted by atomic mass is 9.88. The molecule has 3 aliphatic rings. The van der Waals surface area contributed by atoms with Gasteiger partial charge in [-0.1, -0.05) is 30.3 Å². The highest BCUT2D eigenvalue weighted by Crippen LogP contribution is 2.30. The van der Waals surface area contributed by atoms with Crippen LogP contribution in [0.5, 0.6) is 0 Å². The van der Waals surface area contributed by atoms with Gasteiger partial charge in [-0.3, -0.25) is 14.6 Å². The van der Waals surface area contributed by atoms with Crippen LogP contribution in [0.25, 0.3) is 0 Å². The van der Waals surface area contributed by atoms with Gasteiger partial charge in [0.05, 0.1) is 6.54 Å². The molecule has 3 aliphatic heterocycles. The third kappa shape index (κ3) is 6.09. The van der Waals surface area contributed by atoms with E-state index >= 15 is 0 Å². The van der Waals surface area contributed by atoms with Crippen molar-refractivity contribution in [3.8, 4) is 0 Å². The molecule has 1 aromatic rings. The van der Waals surface area contributed by atoms with Crippen molar-refractivity contribution in [2.45, 2.75) is 64.0 Å². The van der Waals surface area contributed by atoms with Crippen LogP contribution in [-0.2, 0) is 4.79 Å². The number of likely N-dealkylation sites (tertiary alicyclic amines) is 2. The molecule has 3 saturated heterocycles. The van der Waals surface area contributed by atoms with Gasteiger partial charge in [-0.15, -0.1) is 0 Å². The minimum Gasteiger partial charge on any atom is -0.340 e. The first-order chi connectivity index (χ1) is 15.1. The van der Waals surface area contributed by atoms with Gasteiger partial charge in [-0.2, -0.15) is 0 Å². The molecule has 5 heteroatoms. The molecule has 1 aromatic carbocycles. The molecule has 0 saturated carbocycles. The topological polar surface area (TPSA) is 30.0 Å². The predicted molar refractivity (Wildman–Crippen MR) is 127 cm³/mol. The van der Waals surface area contributed by atoms with Gasteiger partial charge < -0.3 is 9.80 Å². The Labute approximate surface area is 189 Å². The largest absolute Gasteiger partial charge is 0.340 e. The number of amides is 1. The van der Waals surface area contributed by atoms with Gasteiger partial charge in [0, 0.05) is 51.4 Å². The van der Waals surface area contributed by atoms with E-state index in [2.05, 4.69) is 63.8 Å². The molecule has 0 radical (unpaired) electrons. The second-order valence-corrected chi connectivity index (χ2v) is 10.1. The third-order valence-electron chi connectivity index (χ3n) is 7.85. The van der Waals surface area contributed by atoms with E-state index in [0.29, 0.717) is 24.5 Å². The molecule has 0 N–H and O–H groups in total. The molecule has 3 heterocycles. The first kappa shape index (κ1) is 22.8. The lowest BCUT2D eigenvalue weighted by Gasteiger charge is -2.42. The molecule has 0 atom stereocenters. The molecule has 1 amide bonds. The summed E-state index contributed by atoms with van der Waals surface area (Å²) in [6.07, 6.45) is 6.09. The van der Waals surface area contributed by atoms with Crippen molar-refractivity contribution in [1.82, 2.24) is 19.6 Å². The minimum absolute atomic E-state index is 0.340. The summed E-state index contributed by atoms with van der Waals surface area (Å²) in [5, 5.41) is 0. The molecular formula is C26H42N4O. The highest BCUT2D eigenvalue weighted by Gasteiger charge is 2.30. The van der Waals surface area contributed by atoms with Crippen molar-refractivity contribution in [2.75, 3.05) is 58.9 Å². The molecule has 4 rings (SSSR count). The van der Waals surface area contributed by atoms with Crippen LogP contribution in [0, 0.1) is 0 Å². The molecule has 0 spiro atoms. The number of piperidine rings is 2. The van der Waals surface area contributed by atoms with Crippen molar-refractivity contribution >= 4 is 5.91 Å². The van der Waals surface area contributed by atoms with Crippen LogP contribution in [0.1, 0.15) is 57.4 Å². The van der Waals surface area contributed by atoms with Crippen LogP contribution in [0.15, 0.2) is 30.3 Å². The number of benzene rings is 1. The van der Waals surface area contributed by atoms with Gasteiger partial charge >= 0.3 is 0 Å². The fourth-order valence-electron chi connectivity index (χ4n) is 5.76. The number of hydrogen-bond donors (Lipinski definition) is 0. The van der Waals surface area contributed by atoms with E-state index in [1.165, 1.54) is 44.3 Å². The van der Waals surface area contributed by atoms with E-state index in [1.807, 2.05) is 0 Å². The second kappa shape index (κ2) is 10.9. The standard InChI is InChI=1S/C26H42N4O/c1-22(2)28-13-6-14-30(20-19-28)26(31)21-27-15-11-25(12-16-27)29-17-9-24(10-18-29)23-7-4-3-5-8-23/h3-5,7-8,22,24-25H,6,9-21H2,1-2H3. The number of hydrogen-bond acceptors (Lipinski definition) is 4. The van der Waals surface area contributed by atoms with E-state index in [1.54, 1.807) is 0 Å². The second-order valence-electron chi connectivity index (χ2n) is 10.1. The summed E-state index contributed by atoms with van der Waals surface area (Å²) < 4.78 is 0. The molecule has 31 heavy (non-hydrogen) atoms. The van der Waals surface area contributed by atoms with Gasteiger partial charge in [-0.25, -0.2) is 0 Å². The molecule has 0 aromatic heterocycles. The zero-order chi connectivity index (χ0) is 21.6. The smallest absolute Gasteiger partial charge is 0.236 e. The highest BCUT2D eigenvalue weighted by atomic mass is 16.2. The van der Waals surface area contributed by atoms with E-state index < -0.39 is 0 Å². The summed E-state index contributed by atoms with van der Waals surface area (Å²) in [6.45, 7) is 13.7. The molecule has 0 bridgehead atoms. The molecule has 0 aliphatic carbocycles. The summed E-state index contributed by atoms with van der Waals surface area (Å²) in [5.41, 5.74) is 1.51. The van der Waals surface area contributed by atoms with E-state index in [4.69, 9.17) is 0 Å². The van der Waals surface area contributed by atoms with Gasteiger partial charge in [-0.05, 0) is 70.5 Å². The van der Waals surface area contributed by atoms with Crippen LogP contribution in [0.3, 0.4) is 0 Å². The molecule has 3 fully saturated rings. The maximum absolute atomic E-state index is 12.9. The van der Waals surface area contributed by atoms with Crippen molar-refractivity contribution in [3.05, 3.63) is 35.9 Å². The Hall–Kier alpha value is -1.43. The quantitative estimate of drug-likeness (QED) is 0.723. The van der Waals surface area contributed by atoms with Crippen LogP contribution in [-0.4, -0.2) is 96.5 Å². The van der Waals surface area contributed by atoms with Crippen LogP contribution in [0.4, 0.5) is 0 Å². The first-order valence-electron chi connectivity index (χ1n) is 12.6. The van der Waals surface area contributed by atoms with Crippen molar-refractivity contribution in [2.24, 2.45) is 0 Å². The summed E-state index contributed by atoms with van der Waals surface area (Å²) in [4.78, 5) is 22.7. The van der Waals surface area contributed by atoms with Gasteiger partial charge in [0.15, 0.2) is 0 Å². The van der Waals surface area contributed by atoms with Gasteiger partial charge in [0.2, 0.25) is 5.91 Å².